The summed E-state index contributed by atoms with van der Waals surface area (Å²) in [6, 6.07) is 15.5. The molecule has 1 N–H and O–H groups in total. The highest BCUT2D eigenvalue weighted by Gasteiger charge is 2.51. The second-order valence-electron chi connectivity index (χ2n) is 13.3. The lowest BCUT2D eigenvalue weighted by atomic mass is 9.56. The number of likely N-dealkylation sites (tertiary alicyclic amines) is 1. The Morgan fingerprint density at radius 1 is 1.10 bits per heavy atom. The smallest absolute Gasteiger partial charge is 0.253 e. The van der Waals surface area contributed by atoms with Crippen molar-refractivity contribution in [1.82, 2.24) is 19.7 Å². The third-order valence-electron chi connectivity index (χ3n) is 10.9. The van der Waals surface area contributed by atoms with Gasteiger partial charge in [0.2, 0.25) is 0 Å². The van der Waals surface area contributed by atoms with Crippen LogP contribution in [0.3, 0.4) is 0 Å². The number of carbonyl (C=O) groups excluding carboxylic acids is 1. The second kappa shape index (κ2) is 9.89. The fraction of sp³-hybridized carbons (Fsp3) is 0.529. The summed E-state index contributed by atoms with van der Waals surface area (Å²) in [5.74, 6) is 1.28. The molecule has 214 valence electrons. The van der Waals surface area contributed by atoms with Gasteiger partial charge in [-0.3, -0.25) is 14.6 Å². The number of benzene rings is 2. The van der Waals surface area contributed by atoms with Crippen LogP contribution in [0.4, 0.5) is 0 Å². The number of aryl methyl sites for hydroxylation is 1. The maximum Gasteiger partial charge on any atom is 0.253 e. The van der Waals surface area contributed by atoms with Crippen LogP contribution in [0.2, 0.25) is 0 Å². The summed E-state index contributed by atoms with van der Waals surface area (Å²) in [5.41, 5.74) is 6.08. The van der Waals surface area contributed by atoms with E-state index in [4.69, 9.17) is 4.74 Å². The third kappa shape index (κ3) is 4.52. The summed E-state index contributed by atoms with van der Waals surface area (Å²) >= 11 is 0. The number of H-pyrrole nitrogens is 1. The topological polar surface area (TPSA) is 75.6 Å². The minimum Gasteiger partial charge on any atom is -0.496 e. The van der Waals surface area contributed by atoms with E-state index in [9.17, 15) is 10.1 Å². The first-order valence-corrected chi connectivity index (χ1v) is 15.2. The van der Waals surface area contributed by atoms with Crippen molar-refractivity contribution in [2.24, 2.45) is 11.3 Å². The largest absolute Gasteiger partial charge is 0.496 e. The predicted octanol–water partition coefficient (Wildman–Crippen LogP) is 5.66. The SMILES string of the molecule is COc1cc(C)c2[nH]ccc2c1CN1CCC2(CC(C#N)C2)C[C@H]1c1ccc(C(=O)N2CCN(C)C3(CC3)C2)cc1. The lowest BCUT2D eigenvalue weighted by Gasteiger charge is -2.53. The average molecular weight is 552 g/mol. The number of amides is 1. The fourth-order valence-corrected chi connectivity index (χ4v) is 8.08. The van der Waals surface area contributed by atoms with Crippen LogP contribution in [0.5, 0.6) is 5.75 Å². The highest BCUT2D eigenvalue weighted by molar-refractivity contribution is 5.94. The Bertz CT molecular complexity index is 1510. The Morgan fingerprint density at radius 2 is 1.88 bits per heavy atom. The number of hydrogen-bond acceptors (Lipinski definition) is 5. The molecule has 7 heteroatoms. The first kappa shape index (κ1) is 26.6. The number of rotatable bonds is 5. The Morgan fingerprint density at radius 3 is 2.59 bits per heavy atom. The van der Waals surface area contributed by atoms with E-state index in [2.05, 4.69) is 64.0 Å². The molecule has 1 amide bonds. The Labute approximate surface area is 243 Å². The van der Waals surface area contributed by atoms with Crippen molar-refractivity contribution in [2.75, 3.05) is 40.3 Å². The molecular weight excluding hydrogens is 510 g/mol. The molecule has 1 aromatic heterocycles. The molecule has 2 spiro atoms. The zero-order chi connectivity index (χ0) is 28.4. The summed E-state index contributed by atoms with van der Waals surface area (Å²) in [4.78, 5) is 24.0. The van der Waals surface area contributed by atoms with Crippen molar-refractivity contribution < 1.29 is 9.53 Å². The van der Waals surface area contributed by atoms with Gasteiger partial charge in [0, 0.05) is 71.9 Å². The van der Waals surface area contributed by atoms with Crippen LogP contribution in [-0.4, -0.2) is 71.5 Å². The molecule has 2 saturated carbocycles. The highest BCUT2D eigenvalue weighted by Crippen LogP contribution is 2.57. The van der Waals surface area contributed by atoms with Crippen molar-refractivity contribution in [3.05, 3.63) is 64.8 Å². The van der Waals surface area contributed by atoms with Crippen LogP contribution >= 0.6 is 0 Å². The summed E-state index contributed by atoms with van der Waals surface area (Å²) < 4.78 is 5.89. The van der Waals surface area contributed by atoms with Crippen molar-refractivity contribution in [1.29, 1.82) is 5.26 Å². The lowest BCUT2D eigenvalue weighted by Crippen LogP contribution is -2.54. The average Bonchev–Trinajstić information content (AvgIpc) is 3.56. The number of piperidine rings is 1. The second-order valence-corrected chi connectivity index (χ2v) is 13.3. The van der Waals surface area contributed by atoms with Gasteiger partial charge >= 0.3 is 0 Å². The number of fused-ring (bicyclic) bond motifs is 1. The zero-order valence-corrected chi connectivity index (χ0v) is 24.6. The fourth-order valence-electron chi connectivity index (χ4n) is 8.08. The van der Waals surface area contributed by atoms with E-state index in [0.717, 1.165) is 69.7 Å². The molecule has 2 aliphatic carbocycles. The number of methoxy groups -OCH3 is 1. The maximum absolute atomic E-state index is 13.5. The molecule has 3 aromatic rings. The molecule has 2 saturated heterocycles. The van der Waals surface area contributed by atoms with E-state index in [0.29, 0.717) is 0 Å². The monoisotopic (exact) mass is 551 g/mol. The van der Waals surface area contributed by atoms with Crippen molar-refractivity contribution in [3.63, 3.8) is 0 Å². The van der Waals surface area contributed by atoms with Crippen molar-refractivity contribution >= 4 is 16.8 Å². The molecule has 4 fully saturated rings. The number of ether oxygens (including phenoxy) is 1. The number of hydrogen-bond donors (Lipinski definition) is 1. The van der Waals surface area contributed by atoms with Gasteiger partial charge in [-0.1, -0.05) is 12.1 Å². The normalized spacial score (nSPS) is 27.6. The molecule has 0 bridgehead atoms. The summed E-state index contributed by atoms with van der Waals surface area (Å²) in [7, 11) is 3.96. The Balaban J connectivity index is 1.16. The zero-order valence-electron chi connectivity index (χ0n) is 24.6. The van der Waals surface area contributed by atoms with Gasteiger partial charge in [-0.15, -0.1) is 0 Å². The number of nitrogens with one attached hydrogen (secondary N) is 1. The third-order valence-corrected chi connectivity index (χ3v) is 10.9. The number of nitrogens with zero attached hydrogens (tertiary/aromatic N) is 4. The van der Waals surface area contributed by atoms with Gasteiger partial charge in [-0.25, -0.2) is 0 Å². The van der Waals surface area contributed by atoms with E-state index in [-0.39, 0.29) is 28.8 Å². The van der Waals surface area contributed by atoms with Gasteiger partial charge in [-0.05, 0) is 99.8 Å². The van der Waals surface area contributed by atoms with Crippen LogP contribution < -0.4 is 4.74 Å². The summed E-state index contributed by atoms with van der Waals surface area (Å²) in [5, 5.41) is 10.7. The number of carbonyl (C=O) groups is 1. The van der Waals surface area contributed by atoms with Crippen LogP contribution in [0.15, 0.2) is 42.6 Å². The van der Waals surface area contributed by atoms with Gasteiger partial charge in [0.05, 0.1) is 13.2 Å². The van der Waals surface area contributed by atoms with Crippen molar-refractivity contribution in [3.8, 4) is 11.8 Å². The van der Waals surface area contributed by atoms with Gasteiger partial charge in [-0.2, -0.15) is 5.26 Å². The molecule has 2 aromatic carbocycles. The number of likely N-dealkylation sites (N-methyl/N-ethyl adjacent to an activating group) is 1. The van der Waals surface area contributed by atoms with Crippen LogP contribution in [0.1, 0.15) is 71.6 Å². The molecule has 7 rings (SSSR count). The van der Waals surface area contributed by atoms with Gasteiger partial charge in [0.15, 0.2) is 0 Å². The summed E-state index contributed by atoms with van der Waals surface area (Å²) in [6.07, 6.45) is 8.58. The number of nitriles is 1. The molecular formula is C34H41N5O2. The molecule has 41 heavy (non-hydrogen) atoms. The van der Waals surface area contributed by atoms with E-state index in [1.165, 1.54) is 40.4 Å². The molecule has 3 heterocycles. The van der Waals surface area contributed by atoms with Crippen LogP contribution in [0, 0.1) is 29.6 Å². The number of aromatic amines is 1. The number of aromatic nitrogens is 1. The van der Waals surface area contributed by atoms with Crippen LogP contribution in [0.25, 0.3) is 10.9 Å². The first-order chi connectivity index (χ1) is 19.8. The van der Waals surface area contributed by atoms with Gasteiger partial charge < -0.3 is 14.6 Å². The van der Waals surface area contributed by atoms with Crippen LogP contribution in [-0.2, 0) is 6.54 Å². The molecule has 2 aliphatic heterocycles. The molecule has 0 radical (unpaired) electrons. The van der Waals surface area contributed by atoms with Gasteiger partial charge in [0.1, 0.15) is 5.75 Å². The Hall–Kier alpha value is -3.34. The first-order valence-electron chi connectivity index (χ1n) is 15.2. The minimum atomic E-state index is 0.156. The van der Waals surface area contributed by atoms with E-state index >= 15 is 0 Å². The van der Waals surface area contributed by atoms with E-state index in [1.807, 2.05) is 18.3 Å². The Kier molecular flexibility index (Phi) is 6.40. The summed E-state index contributed by atoms with van der Waals surface area (Å²) in [6.45, 7) is 6.48. The van der Waals surface area contributed by atoms with Crippen molar-refractivity contribution in [2.45, 2.75) is 63.6 Å². The molecule has 0 unspecified atom stereocenters. The quantitative estimate of drug-likeness (QED) is 0.443. The highest BCUT2D eigenvalue weighted by atomic mass is 16.5. The van der Waals surface area contributed by atoms with Gasteiger partial charge in [0.25, 0.3) is 5.91 Å². The standard InChI is InChI=1S/C34H41N5O2/c1-23-16-30(41-3)28(27-8-12-36-31(23)27)21-38-13-11-33(17-24(18-33)20-35)19-29(38)25-4-6-26(7-5-25)32(40)39-15-14-37(2)34(22-39)9-10-34/h4-8,12,16,24,29,36H,9-11,13-15,17-19,21-22H2,1-3H3/t24?,29-,33?/m0/s1. The number of piperazine rings is 1. The van der Waals surface area contributed by atoms with E-state index < -0.39 is 0 Å². The molecule has 4 aliphatic rings. The molecule has 1 atom stereocenters. The molecule has 7 nitrogen and oxygen atoms in total. The maximum atomic E-state index is 13.5. The van der Waals surface area contributed by atoms with E-state index in [1.54, 1.807) is 7.11 Å². The predicted molar refractivity (Wildman–Crippen MR) is 160 cm³/mol. The minimum absolute atomic E-state index is 0.156. The lowest BCUT2D eigenvalue weighted by molar-refractivity contribution is -0.0298.